The van der Waals surface area contributed by atoms with Crippen LogP contribution in [0.15, 0.2) is 89.8 Å². The van der Waals surface area contributed by atoms with E-state index in [9.17, 15) is 8.42 Å². The van der Waals surface area contributed by atoms with Gasteiger partial charge in [0.1, 0.15) is 0 Å². The van der Waals surface area contributed by atoms with Crippen molar-refractivity contribution < 1.29 is 13.2 Å². The first-order valence-electron chi connectivity index (χ1n) is 9.47. The SMILES string of the molecule is O=S(=O)(c1ccccc1-c1ccccc1)N1CCCOC(c2ccccc2)C1. The van der Waals surface area contributed by atoms with E-state index < -0.39 is 10.0 Å². The lowest BCUT2D eigenvalue weighted by molar-refractivity contribution is 0.0613. The van der Waals surface area contributed by atoms with Crippen LogP contribution in [0.3, 0.4) is 0 Å². The zero-order valence-electron chi connectivity index (χ0n) is 15.6. The van der Waals surface area contributed by atoms with Crippen molar-refractivity contribution in [2.75, 3.05) is 19.7 Å². The smallest absolute Gasteiger partial charge is 0.243 e. The molecule has 1 fully saturated rings. The van der Waals surface area contributed by atoms with E-state index in [4.69, 9.17) is 4.74 Å². The van der Waals surface area contributed by atoms with Gasteiger partial charge in [0.2, 0.25) is 10.0 Å². The van der Waals surface area contributed by atoms with Crippen molar-refractivity contribution in [2.45, 2.75) is 17.4 Å². The molecule has 0 saturated carbocycles. The van der Waals surface area contributed by atoms with Gasteiger partial charge in [0.25, 0.3) is 0 Å². The normalized spacial score (nSPS) is 18.5. The lowest BCUT2D eigenvalue weighted by Crippen LogP contribution is -2.34. The summed E-state index contributed by atoms with van der Waals surface area (Å²) in [7, 11) is -3.65. The van der Waals surface area contributed by atoms with E-state index in [-0.39, 0.29) is 6.10 Å². The summed E-state index contributed by atoms with van der Waals surface area (Å²) in [5.41, 5.74) is 2.62. The first-order chi connectivity index (χ1) is 13.7. The van der Waals surface area contributed by atoms with Crippen LogP contribution in [0.2, 0.25) is 0 Å². The quantitative estimate of drug-likeness (QED) is 0.655. The number of rotatable bonds is 4. The summed E-state index contributed by atoms with van der Waals surface area (Å²) >= 11 is 0. The third-order valence-electron chi connectivity index (χ3n) is 5.00. The predicted molar refractivity (Wildman–Crippen MR) is 110 cm³/mol. The van der Waals surface area contributed by atoms with Gasteiger partial charge in [-0.3, -0.25) is 0 Å². The first kappa shape index (κ1) is 18.9. The summed E-state index contributed by atoms with van der Waals surface area (Å²) < 4.78 is 34.7. The zero-order valence-corrected chi connectivity index (χ0v) is 16.4. The summed E-state index contributed by atoms with van der Waals surface area (Å²) in [5, 5.41) is 0. The maximum atomic E-state index is 13.6. The molecule has 4 nitrogen and oxygen atoms in total. The number of sulfonamides is 1. The predicted octanol–water partition coefficient (Wildman–Crippen LogP) is 4.51. The molecule has 1 aliphatic rings. The van der Waals surface area contributed by atoms with Gasteiger partial charge in [-0.1, -0.05) is 78.9 Å². The van der Waals surface area contributed by atoms with Crippen LogP contribution in [0.4, 0.5) is 0 Å². The van der Waals surface area contributed by atoms with Gasteiger partial charge < -0.3 is 4.74 Å². The molecule has 1 atom stereocenters. The maximum Gasteiger partial charge on any atom is 0.243 e. The molecule has 0 spiro atoms. The largest absolute Gasteiger partial charge is 0.372 e. The van der Waals surface area contributed by atoms with Crippen LogP contribution in [-0.4, -0.2) is 32.4 Å². The van der Waals surface area contributed by atoms with E-state index in [1.165, 1.54) is 0 Å². The highest BCUT2D eigenvalue weighted by Crippen LogP contribution is 2.31. The third kappa shape index (κ3) is 3.87. The van der Waals surface area contributed by atoms with Crippen molar-refractivity contribution in [3.8, 4) is 11.1 Å². The minimum Gasteiger partial charge on any atom is -0.372 e. The standard InChI is InChI=1S/C23H23NO3S/c25-28(26,23-15-8-7-14-21(23)19-10-3-1-4-11-19)24-16-9-17-27-22(18-24)20-12-5-2-6-13-20/h1-8,10-15,22H,9,16-18H2. The molecule has 1 unspecified atom stereocenters. The van der Waals surface area contributed by atoms with Crippen molar-refractivity contribution in [1.82, 2.24) is 4.31 Å². The Morgan fingerprint density at radius 3 is 2.21 bits per heavy atom. The Balaban J connectivity index is 1.70. The lowest BCUT2D eigenvalue weighted by atomic mass is 10.1. The molecule has 1 heterocycles. The van der Waals surface area contributed by atoms with E-state index in [1.54, 1.807) is 16.4 Å². The van der Waals surface area contributed by atoms with Gasteiger partial charge in [-0.25, -0.2) is 8.42 Å². The second-order valence-corrected chi connectivity index (χ2v) is 8.76. The van der Waals surface area contributed by atoms with Crippen molar-refractivity contribution in [1.29, 1.82) is 0 Å². The van der Waals surface area contributed by atoms with E-state index in [1.807, 2.05) is 72.8 Å². The van der Waals surface area contributed by atoms with Crippen LogP contribution in [0, 0.1) is 0 Å². The van der Waals surface area contributed by atoms with E-state index >= 15 is 0 Å². The fourth-order valence-corrected chi connectivity index (χ4v) is 5.26. The average Bonchev–Trinajstić information content (AvgIpc) is 3.02. The van der Waals surface area contributed by atoms with Gasteiger partial charge in [0.05, 0.1) is 11.0 Å². The average molecular weight is 394 g/mol. The Bertz CT molecular complexity index is 1020. The molecule has 0 aliphatic carbocycles. The van der Waals surface area contributed by atoms with Crippen molar-refractivity contribution >= 4 is 10.0 Å². The Hall–Kier alpha value is -2.47. The number of hydrogen-bond acceptors (Lipinski definition) is 3. The minimum absolute atomic E-state index is 0.262. The van der Waals surface area contributed by atoms with Crippen LogP contribution < -0.4 is 0 Å². The van der Waals surface area contributed by atoms with Crippen LogP contribution >= 0.6 is 0 Å². The Kier molecular flexibility index (Phi) is 5.57. The molecule has 5 heteroatoms. The second-order valence-electron chi connectivity index (χ2n) is 6.85. The van der Waals surface area contributed by atoms with Crippen molar-refractivity contribution in [3.05, 3.63) is 90.5 Å². The Labute approximate surface area is 166 Å². The van der Waals surface area contributed by atoms with Gasteiger partial charge in [-0.15, -0.1) is 0 Å². The summed E-state index contributed by atoms with van der Waals surface area (Å²) in [6.07, 6.45) is 0.415. The molecule has 144 valence electrons. The second kappa shape index (κ2) is 8.27. The van der Waals surface area contributed by atoms with Gasteiger partial charge in [0, 0.05) is 25.3 Å². The van der Waals surface area contributed by atoms with Crippen molar-refractivity contribution in [2.24, 2.45) is 0 Å². The maximum absolute atomic E-state index is 13.6. The monoisotopic (exact) mass is 393 g/mol. The number of hydrogen-bond donors (Lipinski definition) is 0. The van der Waals surface area contributed by atoms with Crippen molar-refractivity contribution in [3.63, 3.8) is 0 Å². The van der Waals surface area contributed by atoms with Crippen LogP contribution in [0.25, 0.3) is 11.1 Å². The Morgan fingerprint density at radius 1 is 0.821 bits per heavy atom. The fourth-order valence-electron chi connectivity index (χ4n) is 3.57. The molecule has 1 aliphatic heterocycles. The molecular weight excluding hydrogens is 370 g/mol. The summed E-state index contributed by atoms with van der Waals surface area (Å²) in [5.74, 6) is 0. The van der Waals surface area contributed by atoms with Gasteiger partial charge in [-0.2, -0.15) is 4.31 Å². The van der Waals surface area contributed by atoms with Gasteiger partial charge in [0.15, 0.2) is 0 Å². The van der Waals surface area contributed by atoms with Gasteiger partial charge >= 0.3 is 0 Å². The lowest BCUT2D eigenvalue weighted by Gasteiger charge is -2.25. The van der Waals surface area contributed by atoms with Crippen LogP contribution in [0.1, 0.15) is 18.1 Å². The highest BCUT2D eigenvalue weighted by molar-refractivity contribution is 7.89. The fraction of sp³-hybridized carbons (Fsp3) is 0.217. The number of benzene rings is 3. The van der Waals surface area contributed by atoms with Crippen LogP contribution in [0.5, 0.6) is 0 Å². The molecule has 1 saturated heterocycles. The molecular formula is C23H23NO3S. The van der Waals surface area contributed by atoms with E-state index in [0.29, 0.717) is 31.0 Å². The van der Waals surface area contributed by atoms with Gasteiger partial charge in [-0.05, 0) is 23.6 Å². The number of nitrogens with zero attached hydrogens (tertiary/aromatic N) is 1. The first-order valence-corrected chi connectivity index (χ1v) is 10.9. The molecule has 28 heavy (non-hydrogen) atoms. The van der Waals surface area contributed by atoms with Crippen LogP contribution in [-0.2, 0) is 14.8 Å². The summed E-state index contributed by atoms with van der Waals surface area (Å²) in [6.45, 7) is 1.32. The molecule has 0 amide bonds. The zero-order chi connectivity index (χ0) is 19.4. The molecule has 3 aromatic carbocycles. The molecule has 0 radical (unpaired) electrons. The van der Waals surface area contributed by atoms with E-state index in [2.05, 4.69) is 0 Å². The molecule has 3 aromatic rings. The molecule has 0 aromatic heterocycles. The molecule has 4 rings (SSSR count). The minimum atomic E-state index is -3.65. The number of ether oxygens (including phenoxy) is 1. The summed E-state index contributed by atoms with van der Waals surface area (Å²) in [4.78, 5) is 0.343. The third-order valence-corrected chi connectivity index (χ3v) is 6.92. The Morgan fingerprint density at radius 2 is 1.46 bits per heavy atom. The van der Waals surface area contributed by atoms with E-state index in [0.717, 1.165) is 16.7 Å². The molecule has 0 bridgehead atoms. The highest BCUT2D eigenvalue weighted by atomic mass is 32.2. The molecule has 0 N–H and O–H groups in total. The topological polar surface area (TPSA) is 46.6 Å². The summed E-state index contributed by atoms with van der Waals surface area (Å²) in [6, 6.07) is 26.7. The highest BCUT2D eigenvalue weighted by Gasteiger charge is 2.31.